The smallest absolute Gasteiger partial charge is 0.395 e. The van der Waals surface area contributed by atoms with Crippen LogP contribution in [0.15, 0.2) is 35.1 Å². The van der Waals surface area contributed by atoms with Gasteiger partial charge in [0.1, 0.15) is 0 Å². The normalized spacial score (nSPS) is 13.1. The fraction of sp³-hybridized carbons (Fsp3) is 0.533. The minimum Gasteiger partial charge on any atom is -0.575 e. The summed E-state index contributed by atoms with van der Waals surface area (Å²) < 4.78 is 14.1. The average molecular weight is 311 g/mol. The van der Waals surface area contributed by atoms with Crippen LogP contribution in [0, 0.1) is 5.92 Å². The van der Waals surface area contributed by atoms with Crippen LogP contribution >= 0.6 is 8.17 Å². The summed E-state index contributed by atoms with van der Waals surface area (Å²) in [6.07, 6.45) is 1.92. The van der Waals surface area contributed by atoms with Gasteiger partial charge in [-0.05, 0) is 25.0 Å². The molecule has 0 saturated carbocycles. The second-order valence-corrected chi connectivity index (χ2v) is 5.64. The van der Waals surface area contributed by atoms with Gasteiger partial charge in [0.2, 0.25) is 0 Å². The quantitative estimate of drug-likeness (QED) is 0.545. The van der Waals surface area contributed by atoms with Crippen molar-refractivity contribution in [1.29, 1.82) is 0 Å². The van der Waals surface area contributed by atoms with Crippen molar-refractivity contribution in [2.75, 3.05) is 6.61 Å². The molecule has 116 valence electrons. The SMILES string of the molecule is CCC(CC)COC(=O)C(C)N=[P+]([O-])Oc1ccccc1. The molecule has 0 N–H and O–H groups in total. The van der Waals surface area contributed by atoms with E-state index >= 15 is 0 Å². The van der Waals surface area contributed by atoms with E-state index in [-0.39, 0.29) is 0 Å². The second-order valence-electron chi connectivity index (χ2n) is 4.75. The summed E-state index contributed by atoms with van der Waals surface area (Å²) >= 11 is 0. The van der Waals surface area contributed by atoms with Crippen molar-refractivity contribution in [3.05, 3.63) is 30.3 Å². The summed E-state index contributed by atoms with van der Waals surface area (Å²) in [5.41, 5.74) is 0. The molecule has 1 rings (SSSR count). The van der Waals surface area contributed by atoms with Crippen LogP contribution in [-0.2, 0) is 9.53 Å². The van der Waals surface area contributed by atoms with Crippen LogP contribution in [0.25, 0.3) is 0 Å². The zero-order valence-corrected chi connectivity index (χ0v) is 13.6. The van der Waals surface area contributed by atoms with E-state index in [1.165, 1.54) is 0 Å². The van der Waals surface area contributed by atoms with Crippen molar-refractivity contribution in [1.82, 2.24) is 0 Å². The molecule has 0 bridgehead atoms. The fourth-order valence-electron chi connectivity index (χ4n) is 1.63. The minimum absolute atomic E-state index is 0.357. The van der Waals surface area contributed by atoms with Crippen LogP contribution in [0.2, 0.25) is 0 Å². The highest BCUT2D eigenvalue weighted by atomic mass is 31.1. The molecule has 5 nitrogen and oxygen atoms in total. The van der Waals surface area contributed by atoms with Crippen LogP contribution in [-0.4, -0.2) is 18.6 Å². The average Bonchev–Trinajstić information content (AvgIpc) is 2.48. The van der Waals surface area contributed by atoms with Crippen molar-refractivity contribution in [2.24, 2.45) is 10.7 Å². The number of esters is 1. The molecule has 0 fully saturated rings. The van der Waals surface area contributed by atoms with Gasteiger partial charge in [0.05, 0.1) is 6.61 Å². The summed E-state index contributed by atoms with van der Waals surface area (Å²) in [6.45, 7) is 6.04. The maximum Gasteiger partial charge on any atom is 0.395 e. The number of benzene rings is 1. The van der Waals surface area contributed by atoms with Gasteiger partial charge in [0.25, 0.3) is 0 Å². The summed E-state index contributed by atoms with van der Waals surface area (Å²) in [6, 6.07) is 7.93. The zero-order valence-electron chi connectivity index (χ0n) is 12.7. The predicted molar refractivity (Wildman–Crippen MR) is 80.9 cm³/mol. The van der Waals surface area contributed by atoms with Gasteiger partial charge in [0, 0.05) is 0 Å². The third-order valence-electron chi connectivity index (χ3n) is 3.15. The number of ether oxygens (including phenoxy) is 1. The van der Waals surface area contributed by atoms with E-state index in [0.29, 0.717) is 18.3 Å². The number of para-hydroxylation sites is 1. The molecule has 0 aliphatic rings. The highest BCUT2D eigenvalue weighted by Crippen LogP contribution is 2.23. The Labute approximate surface area is 126 Å². The van der Waals surface area contributed by atoms with Crippen molar-refractivity contribution in [3.63, 3.8) is 0 Å². The van der Waals surface area contributed by atoms with Gasteiger partial charge in [-0.25, -0.2) is 4.79 Å². The molecule has 1 aromatic carbocycles. The van der Waals surface area contributed by atoms with E-state index in [4.69, 9.17) is 9.26 Å². The Kier molecular flexibility index (Phi) is 7.95. The van der Waals surface area contributed by atoms with Crippen LogP contribution in [0.4, 0.5) is 0 Å². The largest absolute Gasteiger partial charge is 0.575 e. The Morgan fingerprint density at radius 1 is 1.29 bits per heavy atom. The van der Waals surface area contributed by atoms with Gasteiger partial charge in [-0.3, -0.25) is 4.52 Å². The van der Waals surface area contributed by atoms with Gasteiger partial charge in [0.15, 0.2) is 11.8 Å². The minimum atomic E-state index is -2.29. The third-order valence-corrected chi connectivity index (χ3v) is 4.05. The molecule has 2 atom stereocenters. The zero-order chi connectivity index (χ0) is 15.7. The Balaban J connectivity index is 2.48. The number of hydrogen-bond donors (Lipinski definition) is 0. The van der Waals surface area contributed by atoms with E-state index in [1.54, 1.807) is 31.2 Å². The number of nitrogens with zero attached hydrogens (tertiary/aromatic N) is 1. The molecule has 0 aromatic heterocycles. The summed E-state index contributed by atoms with van der Waals surface area (Å²) in [4.78, 5) is 23.5. The maximum absolute atomic E-state index is 11.8. The Bertz CT molecular complexity index is 460. The first-order valence-corrected chi connectivity index (χ1v) is 8.27. The second kappa shape index (κ2) is 9.48. The van der Waals surface area contributed by atoms with E-state index < -0.39 is 20.2 Å². The Morgan fingerprint density at radius 2 is 1.90 bits per heavy atom. The van der Waals surface area contributed by atoms with Crippen molar-refractivity contribution >= 4 is 14.1 Å². The van der Waals surface area contributed by atoms with Gasteiger partial charge < -0.3 is 9.63 Å². The molecule has 21 heavy (non-hydrogen) atoms. The van der Waals surface area contributed by atoms with Crippen LogP contribution in [0.1, 0.15) is 33.6 Å². The molecule has 0 spiro atoms. The number of carbonyl (C=O) groups is 1. The fourth-order valence-corrected chi connectivity index (χ4v) is 2.35. The number of hydrogen-bond acceptors (Lipinski definition) is 5. The lowest BCUT2D eigenvalue weighted by molar-refractivity contribution is -0.169. The van der Waals surface area contributed by atoms with Crippen LogP contribution in [0.5, 0.6) is 5.75 Å². The highest BCUT2D eigenvalue weighted by Gasteiger charge is 2.19. The lowest BCUT2D eigenvalue weighted by atomic mass is 10.1. The Morgan fingerprint density at radius 3 is 2.48 bits per heavy atom. The van der Waals surface area contributed by atoms with Crippen LogP contribution < -0.4 is 9.42 Å². The van der Waals surface area contributed by atoms with Crippen LogP contribution in [0.3, 0.4) is 0 Å². The molecule has 0 heterocycles. The highest BCUT2D eigenvalue weighted by molar-refractivity contribution is 7.34. The van der Waals surface area contributed by atoms with Crippen molar-refractivity contribution < 1.29 is 18.9 Å². The van der Waals surface area contributed by atoms with Gasteiger partial charge >= 0.3 is 14.1 Å². The summed E-state index contributed by atoms with van der Waals surface area (Å²) in [5, 5.41) is 0. The first kappa shape index (κ1) is 17.6. The molecular weight excluding hydrogens is 289 g/mol. The van der Waals surface area contributed by atoms with E-state index in [2.05, 4.69) is 18.6 Å². The van der Waals surface area contributed by atoms with E-state index in [0.717, 1.165) is 12.8 Å². The number of rotatable bonds is 8. The molecule has 0 aliphatic carbocycles. The van der Waals surface area contributed by atoms with E-state index in [1.807, 2.05) is 6.07 Å². The maximum atomic E-state index is 11.8. The third kappa shape index (κ3) is 6.69. The molecule has 1 aromatic rings. The van der Waals surface area contributed by atoms with Crippen molar-refractivity contribution in [2.45, 2.75) is 39.7 Å². The molecule has 6 heteroatoms. The van der Waals surface area contributed by atoms with Gasteiger partial charge in [-0.1, -0.05) is 49.6 Å². The standard InChI is InChI=1S/C15H22NO4P/c1-4-13(5-2)11-19-15(17)12(3)16-21(18)20-14-9-7-6-8-10-14/h6-10,12-13H,4-5,11H2,1-3H3. The first-order valence-electron chi connectivity index (χ1n) is 7.14. The molecule has 0 saturated heterocycles. The number of carbonyl (C=O) groups excluding carboxylic acids is 1. The molecular formula is C15H22NO4P. The van der Waals surface area contributed by atoms with Gasteiger partial charge in [-0.15, -0.1) is 0 Å². The lowest BCUT2D eigenvalue weighted by Gasteiger charge is -2.13. The summed E-state index contributed by atoms with van der Waals surface area (Å²) in [7, 11) is -2.29. The Hall–Kier alpha value is -1.45. The monoisotopic (exact) mass is 311 g/mol. The molecule has 2 unspecified atom stereocenters. The lowest BCUT2D eigenvalue weighted by Crippen LogP contribution is -2.21. The van der Waals surface area contributed by atoms with Crippen molar-refractivity contribution in [3.8, 4) is 5.75 Å². The topological polar surface area (TPSA) is 71.0 Å². The molecule has 0 radical (unpaired) electrons. The molecule has 0 aliphatic heterocycles. The summed E-state index contributed by atoms with van der Waals surface area (Å²) in [5.74, 6) is 0.345. The van der Waals surface area contributed by atoms with E-state index in [9.17, 15) is 9.69 Å². The first-order chi connectivity index (χ1) is 10.1. The molecule has 0 amide bonds. The van der Waals surface area contributed by atoms with Gasteiger partial charge in [-0.2, -0.15) is 0 Å². The predicted octanol–water partition coefficient (Wildman–Crippen LogP) is 3.29.